The van der Waals surface area contributed by atoms with Gasteiger partial charge < -0.3 is 30.7 Å². The van der Waals surface area contributed by atoms with Crippen LogP contribution in [0.2, 0.25) is 0 Å². The molecule has 2 aliphatic rings. The molecule has 3 rings (SSSR count). The maximum Gasteiger partial charge on any atom is 0.290 e. The van der Waals surface area contributed by atoms with Gasteiger partial charge in [0.25, 0.3) is 6.47 Å². The average Bonchev–Trinajstić information content (AvgIpc) is 2.70. The van der Waals surface area contributed by atoms with Crippen LogP contribution in [0.3, 0.4) is 0 Å². The minimum absolute atomic E-state index is 0.0202. The highest BCUT2D eigenvalue weighted by atomic mass is 16.5. The number of aromatic nitrogens is 2. The molecule has 0 bridgehead atoms. The quantitative estimate of drug-likeness (QED) is 0.448. The summed E-state index contributed by atoms with van der Waals surface area (Å²) < 4.78 is 11.0. The normalized spacial score (nSPS) is 25.8. The number of hydrogen-bond donors (Lipinski definition) is 4. The second kappa shape index (κ2) is 10.6. The smallest absolute Gasteiger partial charge is 0.290 e. The number of ether oxygens (including phenoxy) is 2. The Morgan fingerprint density at radius 3 is 2.57 bits per heavy atom. The summed E-state index contributed by atoms with van der Waals surface area (Å²) in [7, 11) is 1.48. The predicted octanol–water partition coefficient (Wildman–Crippen LogP) is -0.603. The molecule has 0 unspecified atom stereocenters. The van der Waals surface area contributed by atoms with Crippen LogP contribution in [0.15, 0.2) is 12.4 Å². The third kappa shape index (κ3) is 5.85. The molecular weight excluding hydrogens is 394 g/mol. The average molecular weight is 425 g/mol. The number of carboxylic acid groups (broad SMARTS) is 1. The Bertz CT molecular complexity index is 695. The number of likely N-dealkylation sites (tertiary alicyclic amines) is 1. The number of nitrogens with one attached hydrogen (secondary N) is 1. The van der Waals surface area contributed by atoms with E-state index in [2.05, 4.69) is 20.2 Å². The van der Waals surface area contributed by atoms with Crippen molar-refractivity contribution in [2.24, 2.45) is 0 Å². The number of aliphatic hydroxyl groups excluding tert-OH is 1. The second-order valence-electron chi connectivity index (χ2n) is 7.80. The van der Waals surface area contributed by atoms with Crippen molar-refractivity contribution in [3.8, 4) is 0 Å². The molecule has 2 aliphatic heterocycles. The van der Waals surface area contributed by atoms with Gasteiger partial charge in [-0.15, -0.1) is 0 Å². The minimum Gasteiger partial charge on any atom is -0.483 e. The summed E-state index contributed by atoms with van der Waals surface area (Å²) in [5.74, 6) is 0.0433. The van der Waals surface area contributed by atoms with Gasteiger partial charge in [0.15, 0.2) is 0 Å². The van der Waals surface area contributed by atoms with Gasteiger partial charge >= 0.3 is 0 Å². The Kier molecular flexibility index (Phi) is 8.47. The van der Waals surface area contributed by atoms with Crippen molar-refractivity contribution in [2.45, 2.75) is 50.0 Å². The molecule has 30 heavy (non-hydrogen) atoms. The van der Waals surface area contributed by atoms with Crippen LogP contribution in [0.1, 0.15) is 31.7 Å². The van der Waals surface area contributed by atoms with Crippen molar-refractivity contribution in [3.05, 3.63) is 18.0 Å². The van der Waals surface area contributed by atoms with Crippen LogP contribution >= 0.6 is 0 Å². The second-order valence-corrected chi connectivity index (χ2v) is 7.80. The van der Waals surface area contributed by atoms with Crippen LogP contribution in [0.5, 0.6) is 0 Å². The topological polar surface area (TPSA) is 160 Å². The highest BCUT2D eigenvalue weighted by Gasteiger charge is 2.53. The Labute approximate surface area is 175 Å². The third-order valence-corrected chi connectivity index (χ3v) is 5.65. The molecule has 168 valence electrons. The molecule has 5 N–H and O–H groups in total. The summed E-state index contributed by atoms with van der Waals surface area (Å²) in [4.78, 5) is 30.7. The predicted molar refractivity (Wildman–Crippen MR) is 107 cm³/mol. The highest BCUT2D eigenvalue weighted by molar-refractivity contribution is 5.78. The molecule has 1 aromatic heterocycles. The molecule has 1 amide bonds. The molecule has 1 spiro atoms. The summed E-state index contributed by atoms with van der Waals surface area (Å²) in [5.41, 5.74) is 5.17. The monoisotopic (exact) mass is 425 g/mol. The number of carbonyl (C=O) groups is 2. The Morgan fingerprint density at radius 2 is 2.00 bits per heavy atom. The number of anilines is 1. The molecule has 11 nitrogen and oxygen atoms in total. The zero-order valence-corrected chi connectivity index (χ0v) is 17.4. The van der Waals surface area contributed by atoms with E-state index in [0.29, 0.717) is 25.9 Å². The Balaban J connectivity index is 0.00000101. The van der Waals surface area contributed by atoms with Gasteiger partial charge in [0.05, 0.1) is 11.1 Å². The number of nitrogens with two attached hydrogens (primary N) is 1. The van der Waals surface area contributed by atoms with E-state index in [1.165, 1.54) is 7.11 Å². The zero-order chi connectivity index (χ0) is 22.2. The molecule has 0 aliphatic carbocycles. The van der Waals surface area contributed by atoms with Gasteiger partial charge in [0.2, 0.25) is 11.9 Å². The number of carbonyl (C=O) groups excluding carboxylic acids is 1. The first-order chi connectivity index (χ1) is 14.3. The number of amides is 1. The number of methoxy groups -OCH3 is 1. The van der Waals surface area contributed by atoms with E-state index in [4.69, 9.17) is 25.1 Å². The first-order valence-electron chi connectivity index (χ1n) is 9.77. The van der Waals surface area contributed by atoms with Crippen LogP contribution in [0, 0.1) is 0 Å². The molecule has 3 heterocycles. The van der Waals surface area contributed by atoms with Crippen molar-refractivity contribution >= 4 is 18.3 Å². The summed E-state index contributed by atoms with van der Waals surface area (Å²) in [6.45, 7) is 4.41. The molecule has 0 saturated carbocycles. The van der Waals surface area contributed by atoms with Gasteiger partial charge in [0, 0.05) is 51.3 Å². The molecule has 0 aromatic carbocycles. The molecular formula is C19H31N5O6. The van der Waals surface area contributed by atoms with Crippen molar-refractivity contribution in [3.63, 3.8) is 0 Å². The molecule has 2 atom stereocenters. The van der Waals surface area contributed by atoms with Gasteiger partial charge in [-0.3, -0.25) is 14.5 Å². The zero-order valence-electron chi connectivity index (χ0n) is 17.4. The van der Waals surface area contributed by atoms with Crippen LogP contribution in [0.4, 0.5) is 5.95 Å². The maximum absolute atomic E-state index is 12.0. The Hall–Kier alpha value is -2.34. The third-order valence-electron chi connectivity index (χ3n) is 5.65. The number of hydrogen-bond acceptors (Lipinski definition) is 9. The minimum atomic E-state index is -0.776. The summed E-state index contributed by atoms with van der Waals surface area (Å²) >= 11 is 0. The van der Waals surface area contributed by atoms with Crippen LogP contribution in [0.25, 0.3) is 0 Å². The van der Waals surface area contributed by atoms with Crippen LogP contribution < -0.4 is 11.1 Å². The standard InChI is InChI=1S/C18H29N5O4.CH2O2/c1-17(22-14(24)12-26-2)5-8-27-18(15(17)25)3-6-23(7-4-18)11-13-9-20-16(19)21-10-13;2-1-3/h9-10,15,25H,3-8,11-12H2,1-2H3,(H,22,24)(H2,19,20,21);1H,(H,2,3)/t15-,17+;/m0./s1. The molecule has 2 saturated heterocycles. The van der Waals surface area contributed by atoms with E-state index in [1.807, 2.05) is 6.92 Å². The number of nitrogens with zero attached hydrogens (tertiary/aromatic N) is 3. The lowest BCUT2D eigenvalue weighted by Crippen LogP contribution is -2.69. The van der Waals surface area contributed by atoms with E-state index in [9.17, 15) is 9.90 Å². The molecule has 1 aromatic rings. The maximum atomic E-state index is 12.0. The van der Waals surface area contributed by atoms with E-state index in [1.54, 1.807) is 12.4 Å². The van der Waals surface area contributed by atoms with Gasteiger partial charge in [-0.25, -0.2) is 9.97 Å². The van der Waals surface area contributed by atoms with Gasteiger partial charge in [-0.2, -0.15) is 0 Å². The van der Waals surface area contributed by atoms with Crippen molar-refractivity contribution in [1.29, 1.82) is 0 Å². The van der Waals surface area contributed by atoms with Crippen molar-refractivity contribution in [1.82, 2.24) is 20.2 Å². The first-order valence-corrected chi connectivity index (χ1v) is 9.77. The summed E-state index contributed by atoms with van der Waals surface area (Å²) in [6, 6.07) is 0. The molecule has 0 radical (unpaired) electrons. The lowest BCUT2D eigenvalue weighted by Gasteiger charge is -2.53. The fourth-order valence-corrected chi connectivity index (χ4v) is 4.09. The summed E-state index contributed by atoms with van der Waals surface area (Å²) in [5, 5.41) is 20.9. The molecule has 11 heteroatoms. The number of aliphatic hydroxyl groups is 1. The fraction of sp³-hybridized carbons (Fsp3) is 0.684. The van der Waals surface area contributed by atoms with E-state index in [0.717, 1.165) is 25.2 Å². The number of rotatable bonds is 5. The number of nitrogen functional groups attached to an aromatic ring is 1. The highest BCUT2D eigenvalue weighted by Crippen LogP contribution is 2.40. The van der Waals surface area contributed by atoms with E-state index < -0.39 is 17.2 Å². The van der Waals surface area contributed by atoms with E-state index >= 15 is 0 Å². The van der Waals surface area contributed by atoms with Crippen LogP contribution in [-0.4, -0.2) is 88.1 Å². The lowest BCUT2D eigenvalue weighted by molar-refractivity contribution is -0.208. The number of piperidine rings is 1. The van der Waals surface area contributed by atoms with Gasteiger partial charge in [-0.05, 0) is 26.2 Å². The van der Waals surface area contributed by atoms with Gasteiger partial charge in [-0.1, -0.05) is 0 Å². The largest absolute Gasteiger partial charge is 0.483 e. The van der Waals surface area contributed by atoms with E-state index in [-0.39, 0.29) is 24.9 Å². The lowest BCUT2D eigenvalue weighted by atomic mass is 9.73. The van der Waals surface area contributed by atoms with Crippen LogP contribution in [-0.2, 0) is 25.6 Å². The summed E-state index contributed by atoms with van der Waals surface area (Å²) in [6.07, 6.45) is 4.65. The first kappa shape index (κ1) is 23.9. The van der Waals surface area contributed by atoms with Crippen molar-refractivity contribution < 1.29 is 29.3 Å². The SMILES string of the molecule is COCC(=O)N[C@]1(C)CCOC2(CCN(Cc3cnc(N)nc3)CC2)[C@H]1O.O=CO. The molecule has 2 fully saturated rings. The fourth-order valence-electron chi connectivity index (χ4n) is 4.09. The van der Waals surface area contributed by atoms with Gasteiger partial charge in [0.1, 0.15) is 12.7 Å². The van der Waals surface area contributed by atoms with Crippen molar-refractivity contribution in [2.75, 3.05) is 39.1 Å². The Morgan fingerprint density at radius 1 is 1.40 bits per heavy atom.